The highest BCUT2D eigenvalue weighted by Crippen LogP contribution is 2.28. The number of halogens is 1. The van der Waals surface area contributed by atoms with Crippen LogP contribution in [0.15, 0.2) is 35.7 Å². The monoisotopic (exact) mass is 278 g/mol. The summed E-state index contributed by atoms with van der Waals surface area (Å²) in [4.78, 5) is 11.8. The number of thiophene rings is 1. The minimum Gasteiger partial charge on any atom is -0.368 e. The Morgan fingerprint density at radius 2 is 2.26 bits per heavy atom. The normalized spacial score (nSPS) is 12.3. The molecule has 5 heteroatoms. The minimum atomic E-state index is -0.407. The van der Waals surface area contributed by atoms with Crippen LogP contribution in [-0.4, -0.2) is 11.9 Å². The minimum absolute atomic E-state index is 0.242. The zero-order valence-corrected chi connectivity index (χ0v) is 11.3. The van der Waals surface area contributed by atoms with Crippen LogP contribution in [0.1, 0.15) is 12.5 Å². The van der Waals surface area contributed by atoms with Gasteiger partial charge in [0.1, 0.15) is 5.82 Å². The van der Waals surface area contributed by atoms with Gasteiger partial charge < -0.3 is 11.1 Å². The summed E-state index contributed by atoms with van der Waals surface area (Å²) in [6, 6.07) is 8.30. The third kappa shape index (κ3) is 3.39. The summed E-state index contributed by atoms with van der Waals surface area (Å²) >= 11 is 1.49. The number of benzene rings is 1. The van der Waals surface area contributed by atoms with Gasteiger partial charge in [-0.3, -0.25) is 4.79 Å². The summed E-state index contributed by atoms with van der Waals surface area (Å²) in [6.07, 6.45) is 0. The standard InChI is InChI=1S/C14H15FN2OS/c1-9(14(16)18)17-8-10-4-5-12(15)11(7-10)13-3-2-6-19-13/h2-7,9,17H,8H2,1H3,(H2,16,18). The van der Waals surface area contributed by atoms with E-state index in [-0.39, 0.29) is 5.82 Å². The van der Waals surface area contributed by atoms with Crippen molar-refractivity contribution in [3.8, 4) is 10.4 Å². The van der Waals surface area contributed by atoms with E-state index in [9.17, 15) is 9.18 Å². The van der Waals surface area contributed by atoms with E-state index in [1.165, 1.54) is 17.4 Å². The molecule has 2 rings (SSSR count). The molecule has 19 heavy (non-hydrogen) atoms. The second kappa shape index (κ2) is 5.95. The zero-order valence-electron chi connectivity index (χ0n) is 10.5. The van der Waals surface area contributed by atoms with Crippen molar-refractivity contribution in [2.24, 2.45) is 5.73 Å². The summed E-state index contributed by atoms with van der Waals surface area (Å²) in [5.41, 5.74) is 6.67. The number of hydrogen-bond acceptors (Lipinski definition) is 3. The first-order valence-corrected chi connectivity index (χ1v) is 6.81. The Morgan fingerprint density at radius 3 is 2.89 bits per heavy atom. The average molecular weight is 278 g/mol. The number of rotatable bonds is 5. The Kier molecular flexibility index (Phi) is 4.29. The van der Waals surface area contributed by atoms with E-state index < -0.39 is 11.9 Å². The molecule has 100 valence electrons. The largest absolute Gasteiger partial charge is 0.368 e. The first-order valence-electron chi connectivity index (χ1n) is 5.93. The van der Waals surface area contributed by atoms with Crippen LogP contribution in [-0.2, 0) is 11.3 Å². The molecule has 0 radical (unpaired) electrons. The molecule has 1 aromatic carbocycles. The number of carbonyl (C=O) groups is 1. The molecule has 1 unspecified atom stereocenters. The maximum Gasteiger partial charge on any atom is 0.234 e. The lowest BCUT2D eigenvalue weighted by Crippen LogP contribution is -2.38. The molecule has 3 nitrogen and oxygen atoms in total. The molecular weight excluding hydrogens is 263 g/mol. The first-order chi connectivity index (χ1) is 9.08. The molecule has 0 saturated carbocycles. The van der Waals surface area contributed by atoms with Crippen molar-refractivity contribution < 1.29 is 9.18 Å². The number of carbonyl (C=O) groups excluding carboxylic acids is 1. The van der Waals surface area contributed by atoms with Crippen molar-refractivity contribution in [3.05, 3.63) is 47.1 Å². The van der Waals surface area contributed by atoms with Gasteiger partial charge in [0.2, 0.25) is 5.91 Å². The van der Waals surface area contributed by atoms with E-state index in [0.717, 1.165) is 10.4 Å². The van der Waals surface area contributed by atoms with Crippen LogP contribution in [0.4, 0.5) is 4.39 Å². The zero-order chi connectivity index (χ0) is 13.8. The molecule has 0 aliphatic heterocycles. The van der Waals surface area contributed by atoms with Gasteiger partial charge in [-0.25, -0.2) is 4.39 Å². The molecule has 2 aromatic rings. The van der Waals surface area contributed by atoms with E-state index in [1.807, 2.05) is 17.5 Å². The molecule has 1 atom stereocenters. The highest BCUT2D eigenvalue weighted by atomic mass is 32.1. The van der Waals surface area contributed by atoms with Gasteiger partial charge in [-0.15, -0.1) is 11.3 Å². The fourth-order valence-corrected chi connectivity index (χ4v) is 2.42. The van der Waals surface area contributed by atoms with Crippen LogP contribution in [0, 0.1) is 5.82 Å². The number of hydrogen-bond donors (Lipinski definition) is 2. The van der Waals surface area contributed by atoms with Gasteiger partial charge >= 0.3 is 0 Å². The van der Waals surface area contributed by atoms with Crippen LogP contribution < -0.4 is 11.1 Å². The second-order valence-electron chi connectivity index (χ2n) is 4.30. The van der Waals surface area contributed by atoms with Gasteiger partial charge in [0.15, 0.2) is 0 Å². The fraction of sp³-hybridized carbons (Fsp3) is 0.214. The number of nitrogens with one attached hydrogen (secondary N) is 1. The Balaban J connectivity index is 2.15. The fourth-order valence-electron chi connectivity index (χ4n) is 1.67. The Bertz CT molecular complexity index is 569. The summed E-state index contributed by atoms with van der Waals surface area (Å²) in [6.45, 7) is 2.18. The van der Waals surface area contributed by atoms with Crippen molar-refractivity contribution in [3.63, 3.8) is 0 Å². The first kappa shape index (κ1) is 13.7. The molecule has 1 aromatic heterocycles. The van der Waals surface area contributed by atoms with Crippen molar-refractivity contribution >= 4 is 17.2 Å². The lowest BCUT2D eigenvalue weighted by molar-refractivity contribution is -0.119. The van der Waals surface area contributed by atoms with E-state index >= 15 is 0 Å². The maximum atomic E-state index is 13.8. The van der Waals surface area contributed by atoms with E-state index in [4.69, 9.17) is 5.73 Å². The molecule has 1 heterocycles. The summed E-state index contributed by atoms with van der Waals surface area (Å²) in [5.74, 6) is -0.644. The van der Waals surface area contributed by atoms with Gasteiger partial charge in [-0.1, -0.05) is 12.1 Å². The topological polar surface area (TPSA) is 55.1 Å². The van der Waals surface area contributed by atoms with Gasteiger partial charge in [0, 0.05) is 17.0 Å². The Morgan fingerprint density at radius 1 is 1.47 bits per heavy atom. The van der Waals surface area contributed by atoms with E-state index in [2.05, 4.69) is 5.32 Å². The molecule has 0 aliphatic rings. The van der Waals surface area contributed by atoms with Gasteiger partial charge in [-0.2, -0.15) is 0 Å². The Labute approximate surface area is 115 Å². The molecular formula is C14H15FN2OS. The SMILES string of the molecule is CC(NCc1ccc(F)c(-c2cccs2)c1)C(N)=O. The molecule has 0 aliphatic carbocycles. The Hall–Kier alpha value is -1.72. The van der Waals surface area contributed by atoms with Gasteiger partial charge in [0.25, 0.3) is 0 Å². The third-order valence-corrected chi connectivity index (χ3v) is 3.76. The predicted molar refractivity (Wildman–Crippen MR) is 75.2 cm³/mol. The number of nitrogens with two attached hydrogens (primary N) is 1. The lowest BCUT2D eigenvalue weighted by atomic mass is 10.1. The lowest BCUT2D eigenvalue weighted by Gasteiger charge is -2.11. The third-order valence-electron chi connectivity index (χ3n) is 2.86. The van der Waals surface area contributed by atoms with Crippen LogP contribution in [0.3, 0.4) is 0 Å². The van der Waals surface area contributed by atoms with Crippen LogP contribution >= 0.6 is 11.3 Å². The average Bonchev–Trinajstić information content (AvgIpc) is 2.91. The number of primary amides is 1. The van der Waals surface area contributed by atoms with Crippen LogP contribution in [0.25, 0.3) is 10.4 Å². The van der Waals surface area contributed by atoms with Crippen molar-refractivity contribution in [2.75, 3.05) is 0 Å². The van der Waals surface area contributed by atoms with Crippen molar-refractivity contribution in [1.29, 1.82) is 0 Å². The summed E-state index contributed by atoms with van der Waals surface area (Å²) < 4.78 is 13.8. The van der Waals surface area contributed by atoms with Crippen LogP contribution in [0.5, 0.6) is 0 Å². The number of amides is 1. The van der Waals surface area contributed by atoms with Gasteiger partial charge in [-0.05, 0) is 36.1 Å². The quantitative estimate of drug-likeness (QED) is 0.883. The highest BCUT2D eigenvalue weighted by molar-refractivity contribution is 7.13. The maximum absolute atomic E-state index is 13.8. The molecule has 0 bridgehead atoms. The summed E-state index contributed by atoms with van der Waals surface area (Å²) in [5, 5.41) is 4.91. The van der Waals surface area contributed by atoms with Crippen LogP contribution in [0.2, 0.25) is 0 Å². The highest BCUT2D eigenvalue weighted by Gasteiger charge is 2.10. The molecule has 1 amide bonds. The van der Waals surface area contributed by atoms with Gasteiger partial charge in [0.05, 0.1) is 6.04 Å². The van der Waals surface area contributed by atoms with Crippen molar-refractivity contribution in [2.45, 2.75) is 19.5 Å². The van der Waals surface area contributed by atoms with E-state index in [0.29, 0.717) is 12.1 Å². The molecule has 0 saturated heterocycles. The molecule has 0 spiro atoms. The molecule has 0 fully saturated rings. The predicted octanol–water partition coefficient (Wildman–Crippen LogP) is 2.52. The summed E-state index contributed by atoms with van der Waals surface area (Å²) in [7, 11) is 0. The van der Waals surface area contributed by atoms with E-state index in [1.54, 1.807) is 19.1 Å². The second-order valence-corrected chi connectivity index (χ2v) is 5.24. The molecule has 3 N–H and O–H groups in total. The van der Waals surface area contributed by atoms with Crippen molar-refractivity contribution in [1.82, 2.24) is 5.32 Å². The smallest absolute Gasteiger partial charge is 0.234 e.